The first-order chi connectivity index (χ1) is 6.24. The molecule has 0 fully saturated rings. The number of methoxy groups -OCH3 is 1. The predicted octanol–water partition coefficient (Wildman–Crippen LogP) is 1.89. The van der Waals surface area contributed by atoms with Gasteiger partial charge in [0, 0.05) is 18.5 Å². The summed E-state index contributed by atoms with van der Waals surface area (Å²) in [5, 5.41) is 10.4. The highest BCUT2D eigenvalue weighted by molar-refractivity contribution is 5.88. The summed E-state index contributed by atoms with van der Waals surface area (Å²) in [4.78, 5) is 0. The van der Waals surface area contributed by atoms with Crippen LogP contribution in [-0.2, 0) is 7.05 Å². The number of nitrogens with zero attached hydrogens (tertiary/aromatic N) is 1. The van der Waals surface area contributed by atoms with Crippen LogP contribution in [0.5, 0.6) is 11.6 Å². The highest BCUT2D eigenvalue weighted by atomic mass is 16.5. The van der Waals surface area contributed by atoms with E-state index >= 15 is 0 Å². The van der Waals surface area contributed by atoms with Crippen LogP contribution in [0.25, 0.3) is 10.9 Å². The van der Waals surface area contributed by atoms with Crippen LogP contribution >= 0.6 is 0 Å². The van der Waals surface area contributed by atoms with E-state index in [9.17, 15) is 5.11 Å². The zero-order valence-corrected chi connectivity index (χ0v) is 7.61. The van der Waals surface area contributed by atoms with E-state index in [-0.39, 0.29) is 5.88 Å². The second-order valence-electron chi connectivity index (χ2n) is 2.95. The molecule has 3 nitrogen and oxygen atoms in total. The molecule has 0 radical (unpaired) electrons. The van der Waals surface area contributed by atoms with Gasteiger partial charge in [-0.1, -0.05) is 6.07 Å². The fourth-order valence-electron chi connectivity index (χ4n) is 1.50. The third-order valence-corrected chi connectivity index (χ3v) is 2.24. The van der Waals surface area contributed by atoms with E-state index in [0.29, 0.717) is 0 Å². The van der Waals surface area contributed by atoms with E-state index < -0.39 is 0 Å². The molecule has 1 N–H and O–H groups in total. The molecule has 0 spiro atoms. The molecular formula is C10H11NO2. The molecule has 0 saturated carbocycles. The van der Waals surface area contributed by atoms with E-state index in [4.69, 9.17) is 4.74 Å². The van der Waals surface area contributed by atoms with Crippen molar-refractivity contribution in [2.45, 2.75) is 0 Å². The van der Waals surface area contributed by atoms with Crippen molar-refractivity contribution in [3.8, 4) is 11.6 Å². The number of benzene rings is 1. The van der Waals surface area contributed by atoms with Crippen molar-refractivity contribution < 1.29 is 9.84 Å². The summed E-state index contributed by atoms with van der Waals surface area (Å²) >= 11 is 0. The Hall–Kier alpha value is -1.64. The monoisotopic (exact) mass is 177 g/mol. The number of aromatic hydroxyl groups is 1. The van der Waals surface area contributed by atoms with Gasteiger partial charge in [0.2, 0.25) is 0 Å². The summed E-state index contributed by atoms with van der Waals surface area (Å²) < 4.78 is 6.89. The first-order valence-corrected chi connectivity index (χ1v) is 4.05. The molecule has 0 bridgehead atoms. The predicted molar refractivity (Wildman–Crippen MR) is 51.1 cm³/mol. The normalized spacial score (nSPS) is 10.6. The topological polar surface area (TPSA) is 34.4 Å². The molecule has 2 rings (SSSR count). The molecule has 0 saturated heterocycles. The van der Waals surface area contributed by atoms with Crippen LogP contribution in [0.1, 0.15) is 0 Å². The van der Waals surface area contributed by atoms with Crippen LogP contribution < -0.4 is 4.74 Å². The lowest BCUT2D eigenvalue weighted by Crippen LogP contribution is -1.86. The smallest absolute Gasteiger partial charge is 0.191 e. The number of rotatable bonds is 1. The molecular weight excluding hydrogens is 166 g/mol. The molecule has 0 unspecified atom stereocenters. The summed E-state index contributed by atoms with van der Waals surface area (Å²) in [5.74, 6) is 1.04. The van der Waals surface area contributed by atoms with Gasteiger partial charge in [-0.15, -0.1) is 0 Å². The number of hydrogen-bond donors (Lipinski definition) is 1. The minimum absolute atomic E-state index is 0.250. The van der Waals surface area contributed by atoms with Gasteiger partial charge < -0.3 is 14.4 Å². The van der Waals surface area contributed by atoms with Crippen LogP contribution in [0.4, 0.5) is 0 Å². The lowest BCUT2D eigenvalue weighted by molar-refractivity contribution is 0.419. The molecule has 0 aliphatic carbocycles. The highest BCUT2D eigenvalue weighted by Crippen LogP contribution is 2.30. The summed E-state index contributed by atoms with van der Waals surface area (Å²) in [6.45, 7) is 0. The van der Waals surface area contributed by atoms with Gasteiger partial charge in [0.05, 0.1) is 12.6 Å². The van der Waals surface area contributed by atoms with Gasteiger partial charge in [-0.2, -0.15) is 0 Å². The van der Waals surface area contributed by atoms with Crippen molar-refractivity contribution >= 4 is 10.9 Å². The molecule has 2 aromatic rings. The third kappa shape index (κ3) is 1.04. The van der Waals surface area contributed by atoms with Crippen molar-refractivity contribution in [2.24, 2.45) is 7.05 Å². The summed E-state index contributed by atoms with van der Waals surface area (Å²) in [5.41, 5.74) is 0.969. The summed E-state index contributed by atoms with van der Waals surface area (Å²) in [6.07, 6.45) is 0. The lowest BCUT2D eigenvalue weighted by atomic mass is 10.2. The molecule has 0 amide bonds. The Morgan fingerprint density at radius 1 is 1.38 bits per heavy atom. The Morgan fingerprint density at radius 2 is 2.15 bits per heavy atom. The zero-order valence-electron chi connectivity index (χ0n) is 7.61. The fourth-order valence-corrected chi connectivity index (χ4v) is 1.50. The maximum atomic E-state index is 9.47. The quantitative estimate of drug-likeness (QED) is 0.721. The first-order valence-electron chi connectivity index (χ1n) is 4.05. The zero-order chi connectivity index (χ0) is 9.42. The van der Waals surface area contributed by atoms with Crippen molar-refractivity contribution in [2.75, 3.05) is 7.11 Å². The van der Waals surface area contributed by atoms with E-state index in [1.54, 1.807) is 17.7 Å². The molecule has 1 aromatic heterocycles. The number of fused-ring (bicyclic) bond motifs is 1. The summed E-state index contributed by atoms with van der Waals surface area (Å²) in [7, 11) is 3.44. The second kappa shape index (κ2) is 2.69. The Kier molecular flexibility index (Phi) is 1.65. The van der Waals surface area contributed by atoms with Gasteiger partial charge in [0.1, 0.15) is 5.75 Å². The Labute approximate surface area is 76.2 Å². The van der Waals surface area contributed by atoms with Crippen LogP contribution in [-0.4, -0.2) is 16.8 Å². The molecule has 1 heterocycles. The van der Waals surface area contributed by atoms with Gasteiger partial charge >= 0.3 is 0 Å². The van der Waals surface area contributed by atoms with Crippen LogP contribution in [0, 0.1) is 0 Å². The lowest BCUT2D eigenvalue weighted by Gasteiger charge is -2.01. The van der Waals surface area contributed by atoms with Crippen LogP contribution in [0.15, 0.2) is 24.3 Å². The first kappa shape index (κ1) is 7.98. The number of hydrogen-bond acceptors (Lipinski definition) is 2. The average molecular weight is 177 g/mol. The maximum Gasteiger partial charge on any atom is 0.191 e. The number of aryl methyl sites for hydroxylation is 1. The van der Waals surface area contributed by atoms with Crippen molar-refractivity contribution in [1.29, 1.82) is 0 Å². The molecule has 13 heavy (non-hydrogen) atoms. The van der Waals surface area contributed by atoms with Crippen molar-refractivity contribution in [3.05, 3.63) is 24.3 Å². The van der Waals surface area contributed by atoms with Crippen LogP contribution in [0.2, 0.25) is 0 Å². The highest BCUT2D eigenvalue weighted by Gasteiger charge is 2.07. The molecule has 3 heteroatoms. The minimum atomic E-state index is 0.250. The van der Waals surface area contributed by atoms with Gasteiger partial charge in [-0.05, 0) is 12.1 Å². The largest absolute Gasteiger partial charge is 0.496 e. The van der Waals surface area contributed by atoms with Gasteiger partial charge in [-0.25, -0.2) is 0 Å². The number of aromatic nitrogens is 1. The Morgan fingerprint density at radius 3 is 2.85 bits per heavy atom. The molecule has 0 aliphatic rings. The second-order valence-corrected chi connectivity index (χ2v) is 2.95. The van der Waals surface area contributed by atoms with Gasteiger partial charge in [0.15, 0.2) is 5.88 Å². The van der Waals surface area contributed by atoms with E-state index in [0.717, 1.165) is 16.7 Å². The van der Waals surface area contributed by atoms with Crippen molar-refractivity contribution in [1.82, 2.24) is 4.57 Å². The van der Waals surface area contributed by atoms with E-state index in [2.05, 4.69) is 0 Å². The van der Waals surface area contributed by atoms with Crippen LogP contribution in [0.3, 0.4) is 0 Å². The van der Waals surface area contributed by atoms with Crippen molar-refractivity contribution in [3.63, 3.8) is 0 Å². The molecule has 0 atom stereocenters. The average Bonchev–Trinajstić information content (AvgIpc) is 2.43. The van der Waals surface area contributed by atoms with E-state index in [1.807, 2.05) is 25.2 Å². The Balaban J connectivity index is 2.84. The number of ether oxygens (including phenoxy) is 1. The molecule has 68 valence electrons. The molecule has 1 aromatic carbocycles. The third-order valence-electron chi connectivity index (χ3n) is 2.24. The summed E-state index contributed by atoms with van der Waals surface area (Å²) in [6, 6.07) is 7.42. The maximum absolute atomic E-state index is 9.47. The minimum Gasteiger partial charge on any atom is -0.496 e. The SMILES string of the molecule is COc1cccc2c1cc(O)n2C. The van der Waals surface area contributed by atoms with E-state index in [1.165, 1.54) is 0 Å². The van der Waals surface area contributed by atoms with Gasteiger partial charge in [-0.3, -0.25) is 0 Å². The fraction of sp³-hybridized carbons (Fsp3) is 0.200. The Bertz CT molecular complexity index is 445. The molecule has 0 aliphatic heterocycles. The van der Waals surface area contributed by atoms with Gasteiger partial charge in [0.25, 0.3) is 0 Å². The standard InChI is InChI=1S/C10H11NO2/c1-11-8-4-3-5-9(13-2)7(8)6-10(11)12/h3-6,12H,1-2H3.